The molecular weight excluding hydrogens is 362 g/mol. The molecule has 0 spiro atoms. The molecule has 130 valence electrons. The maximum absolute atomic E-state index is 12.8. The number of halogens is 1. The lowest BCUT2D eigenvalue weighted by atomic mass is 10.2. The molecule has 1 atom stereocenters. The first-order chi connectivity index (χ1) is 11.9. The monoisotopic (exact) mass is 377 g/mol. The number of nitrogens with zero attached hydrogens (tertiary/aromatic N) is 3. The minimum atomic E-state index is -3.70. The van der Waals surface area contributed by atoms with E-state index in [0.717, 1.165) is 5.69 Å². The molecular formula is C17H16ClN3O3S. The van der Waals surface area contributed by atoms with Crippen LogP contribution in [0, 0.1) is 18.3 Å². The van der Waals surface area contributed by atoms with Crippen LogP contribution in [0.25, 0.3) is 0 Å². The summed E-state index contributed by atoms with van der Waals surface area (Å²) in [5.74, 6) is 0.657. The number of benzene rings is 1. The average molecular weight is 378 g/mol. The molecule has 1 saturated heterocycles. The van der Waals surface area contributed by atoms with Gasteiger partial charge < -0.3 is 4.74 Å². The summed E-state index contributed by atoms with van der Waals surface area (Å²) in [5.41, 5.74) is 0.904. The van der Waals surface area contributed by atoms with Gasteiger partial charge in [0.1, 0.15) is 17.9 Å². The largest absolute Gasteiger partial charge is 0.487 e. The van der Waals surface area contributed by atoms with Gasteiger partial charge in [-0.1, -0.05) is 11.6 Å². The molecule has 0 unspecified atom stereocenters. The highest BCUT2D eigenvalue weighted by Gasteiger charge is 2.34. The Hall–Kier alpha value is -2.14. The molecule has 1 aliphatic heterocycles. The molecule has 0 bridgehead atoms. The Kier molecular flexibility index (Phi) is 4.95. The van der Waals surface area contributed by atoms with E-state index in [-0.39, 0.29) is 28.1 Å². The van der Waals surface area contributed by atoms with Gasteiger partial charge in [-0.15, -0.1) is 0 Å². The summed E-state index contributed by atoms with van der Waals surface area (Å²) in [7, 11) is -3.70. The van der Waals surface area contributed by atoms with Crippen LogP contribution in [-0.2, 0) is 10.0 Å². The van der Waals surface area contributed by atoms with Crippen molar-refractivity contribution in [2.24, 2.45) is 0 Å². The zero-order valence-electron chi connectivity index (χ0n) is 13.5. The third-order valence-electron chi connectivity index (χ3n) is 4.06. The minimum absolute atomic E-state index is 0.0617. The van der Waals surface area contributed by atoms with E-state index in [2.05, 4.69) is 4.98 Å². The van der Waals surface area contributed by atoms with Crippen LogP contribution in [0.5, 0.6) is 5.75 Å². The molecule has 3 rings (SSSR count). The van der Waals surface area contributed by atoms with Gasteiger partial charge in [-0.2, -0.15) is 9.57 Å². The maximum Gasteiger partial charge on any atom is 0.243 e. The Labute approximate surface area is 151 Å². The van der Waals surface area contributed by atoms with Gasteiger partial charge >= 0.3 is 0 Å². The number of hydrogen-bond donors (Lipinski definition) is 0. The topological polar surface area (TPSA) is 83.3 Å². The Balaban J connectivity index is 1.77. The normalized spacial score (nSPS) is 18.0. The van der Waals surface area contributed by atoms with Crippen LogP contribution in [0.15, 0.2) is 41.4 Å². The summed E-state index contributed by atoms with van der Waals surface area (Å²) in [6, 6.07) is 9.64. The zero-order chi connectivity index (χ0) is 18.0. The first-order valence-corrected chi connectivity index (χ1v) is 9.51. The number of ether oxygens (including phenoxy) is 1. The summed E-state index contributed by atoms with van der Waals surface area (Å²) in [6.45, 7) is 2.45. The van der Waals surface area contributed by atoms with E-state index in [1.807, 2.05) is 19.1 Å². The molecule has 0 radical (unpaired) electrons. The second-order valence-corrected chi connectivity index (χ2v) is 8.08. The molecule has 0 amide bonds. The van der Waals surface area contributed by atoms with E-state index in [1.54, 1.807) is 12.3 Å². The van der Waals surface area contributed by atoms with E-state index in [1.165, 1.54) is 22.5 Å². The van der Waals surface area contributed by atoms with Crippen molar-refractivity contribution in [3.63, 3.8) is 0 Å². The molecule has 25 heavy (non-hydrogen) atoms. The predicted molar refractivity (Wildman–Crippen MR) is 92.9 cm³/mol. The highest BCUT2D eigenvalue weighted by molar-refractivity contribution is 7.89. The van der Waals surface area contributed by atoms with Crippen molar-refractivity contribution >= 4 is 21.6 Å². The standard InChI is InChI=1S/C17H16ClN3O3S/c1-12-17(3-2-7-20-12)24-14-6-8-21(11-14)25(22,23)15-4-5-16(18)13(9-15)10-19/h2-5,7,9,14H,6,8,11H2,1H3/t14-/m1/s1. The SMILES string of the molecule is Cc1ncccc1O[C@@H]1CCN(S(=O)(=O)c2ccc(Cl)c(C#N)c2)C1. The maximum atomic E-state index is 12.8. The van der Waals surface area contributed by atoms with Crippen molar-refractivity contribution in [3.8, 4) is 11.8 Å². The van der Waals surface area contributed by atoms with Crippen molar-refractivity contribution in [3.05, 3.63) is 52.8 Å². The average Bonchev–Trinajstić information content (AvgIpc) is 3.06. The lowest BCUT2D eigenvalue weighted by Crippen LogP contribution is -2.31. The smallest absolute Gasteiger partial charge is 0.243 e. The van der Waals surface area contributed by atoms with E-state index in [0.29, 0.717) is 18.7 Å². The van der Waals surface area contributed by atoms with Crippen LogP contribution in [0.3, 0.4) is 0 Å². The lowest BCUT2D eigenvalue weighted by molar-refractivity contribution is 0.213. The van der Waals surface area contributed by atoms with Gasteiger partial charge in [-0.3, -0.25) is 4.98 Å². The number of aromatic nitrogens is 1. The van der Waals surface area contributed by atoms with Crippen molar-refractivity contribution in [1.29, 1.82) is 5.26 Å². The molecule has 2 aromatic rings. The molecule has 0 saturated carbocycles. The van der Waals surface area contributed by atoms with Crippen LogP contribution in [0.4, 0.5) is 0 Å². The fourth-order valence-corrected chi connectivity index (χ4v) is 4.36. The zero-order valence-corrected chi connectivity index (χ0v) is 15.1. The van der Waals surface area contributed by atoms with Crippen molar-refractivity contribution in [2.75, 3.05) is 13.1 Å². The quantitative estimate of drug-likeness (QED) is 0.818. The molecule has 1 fully saturated rings. The van der Waals surface area contributed by atoms with Gasteiger partial charge in [0, 0.05) is 12.7 Å². The number of sulfonamides is 1. The summed E-state index contributed by atoms with van der Waals surface area (Å²) in [6.07, 6.45) is 2.04. The lowest BCUT2D eigenvalue weighted by Gasteiger charge is -2.18. The fraction of sp³-hybridized carbons (Fsp3) is 0.294. The fourth-order valence-electron chi connectivity index (χ4n) is 2.69. The first-order valence-electron chi connectivity index (χ1n) is 7.70. The van der Waals surface area contributed by atoms with Gasteiger partial charge in [-0.05, 0) is 43.7 Å². The second kappa shape index (κ2) is 7.00. The number of pyridine rings is 1. The minimum Gasteiger partial charge on any atom is -0.487 e. The number of nitriles is 1. The van der Waals surface area contributed by atoms with Gasteiger partial charge in [0.2, 0.25) is 10.0 Å². The van der Waals surface area contributed by atoms with E-state index in [9.17, 15) is 8.42 Å². The summed E-state index contributed by atoms with van der Waals surface area (Å²) < 4.78 is 32.8. The van der Waals surface area contributed by atoms with Gasteiger partial charge in [0.15, 0.2) is 0 Å². The Morgan fingerprint density at radius 2 is 2.20 bits per heavy atom. The Morgan fingerprint density at radius 1 is 1.40 bits per heavy atom. The first kappa shape index (κ1) is 17.7. The molecule has 1 aliphatic rings. The van der Waals surface area contributed by atoms with Gasteiger partial charge in [0.05, 0.1) is 27.7 Å². The van der Waals surface area contributed by atoms with Crippen molar-refractivity contribution < 1.29 is 13.2 Å². The van der Waals surface area contributed by atoms with E-state index >= 15 is 0 Å². The predicted octanol–water partition coefficient (Wildman–Crippen LogP) is 2.76. The summed E-state index contributed by atoms with van der Waals surface area (Å²) in [4.78, 5) is 4.23. The molecule has 8 heteroatoms. The third-order valence-corrected chi connectivity index (χ3v) is 6.25. The van der Waals surface area contributed by atoms with Crippen molar-refractivity contribution in [1.82, 2.24) is 9.29 Å². The Morgan fingerprint density at radius 3 is 2.92 bits per heavy atom. The number of rotatable bonds is 4. The Bertz CT molecular complexity index is 940. The number of aryl methyl sites for hydroxylation is 1. The van der Waals surface area contributed by atoms with Crippen LogP contribution < -0.4 is 4.74 Å². The van der Waals surface area contributed by atoms with E-state index < -0.39 is 10.0 Å². The van der Waals surface area contributed by atoms with Crippen LogP contribution >= 0.6 is 11.6 Å². The van der Waals surface area contributed by atoms with Crippen LogP contribution in [0.2, 0.25) is 5.02 Å². The van der Waals surface area contributed by atoms with E-state index in [4.69, 9.17) is 21.6 Å². The molecule has 1 aromatic heterocycles. The van der Waals surface area contributed by atoms with Gasteiger partial charge in [0.25, 0.3) is 0 Å². The molecule has 6 nitrogen and oxygen atoms in total. The molecule has 1 aromatic carbocycles. The van der Waals surface area contributed by atoms with Crippen LogP contribution in [0.1, 0.15) is 17.7 Å². The highest BCUT2D eigenvalue weighted by atomic mass is 35.5. The number of hydrogen-bond acceptors (Lipinski definition) is 5. The molecule has 2 heterocycles. The van der Waals surface area contributed by atoms with Crippen LogP contribution in [-0.4, -0.2) is 36.9 Å². The third kappa shape index (κ3) is 3.61. The van der Waals surface area contributed by atoms with Crippen molar-refractivity contribution in [2.45, 2.75) is 24.3 Å². The molecule has 0 aliphatic carbocycles. The summed E-state index contributed by atoms with van der Waals surface area (Å²) in [5, 5.41) is 9.27. The summed E-state index contributed by atoms with van der Waals surface area (Å²) >= 11 is 5.88. The molecule has 0 N–H and O–H groups in total. The highest BCUT2D eigenvalue weighted by Crippen LogP contribution is 2.27. The second-order valence-electron chi connectivity index (χ2n) is 5.73. The van der Waals surface area contributed by atoms with Gasteiger partial charge in [-0.25, -0.2) is 8.42 Å².